The number of hydrogen-bond donors (Lipinski definition) is 1. The summed E-state index contributed by atoms with van der Waals surface area (Å²) in [4.78, 5) is 26.8. The third-order valence-corrected chi connectivity index (χ3v) is 4.94. The molecule has 1 atom stereocenters. The van der Waals surface area contributed by atoms with Gasteiger partial charge >= 0.3 is 0 Å². The number of rotatable bonds is 8. The number of nitrogens with zero attached hydrogens (tertiary/aromatic N) is 1. The Bertz CT molecular complexity index is 821. The number of carbonyl (C=O) groups is 2. The molecule has 2 rings (SSSR count). The Kier molecular flexibility index (Phi) is 7.88. The normalized spacial score (nSPS) is 11.6. The van der Waals surface area contributed by atoms with Gasteiger partial charge < -0.3 is 15.0 Å². The molecule has 2 aromatic carbocycles. The summed E-state index contributed by atoms with van der Waals surface area (Å²) in [5.74, 6) is 0.219. The van der Waals surface area contributed by atoms with Gasteiger partial charge in [0.2, 0.25) is 5.91 Å². The third-order valence-electron chi connectivity index (χ3n) is 4.69. The molecule has 5 nitrogen and oxygen atoms in total. The Labute approximate surface area is 171 Å². The number of likely N-dealkylation sites (N-methyl/N-ethyl adjacent to an activating group) is 1. The van der Waals surface area contributed by atoms with Crippen LogP contribution in [0.15, 0.2) is 42.5 Å². The molecule has 0 aliphatic carbocycles. The molecule has 28 heavy (non-hydrogen) atoms. The maximum Gasteiger partial charge on any atom is 0.261 e. The van der Waals surface area contributed by atoms with Crippen molar-refractivity contribution < 1.29 is 14.3 Å². The van der Waals surface area contributed by atoms with Gasteiger partial charge in [0, 0.05) is 18.1 Å². The summed E-state index contributed by atoms with van der Waals surface area (Å²) in [7, 11) is 0. The van der Waals surface area contributed by atoms with Crippen molar-refractivity contribution in [2.24, 2.45) is 0 Å². The predicted molar refractivity (Wildman–Crippen MR) is 112 cm³/mol. The molecule has 2 aromatic rings. The average Bonchev–Trinajstić information content (AvgIpc) is 2.68. The van der Waals surface area contributed by atoms with Gasteiger partial charge in [0.05, 0.1) is 0 Å². The van der Waals surface area contributed by atoms with E-state index < -0.39 is 6.04 Å². The molecular formula is C22H27ClN2O3. The first kappa shape index (κ1) is 21.8. The summed E-state index contributed by atoms with van der Waals surface area (Å²) in [6, 6.07) is 12.3. The lowest BCUT2D eigenvalue weighted by atomic mass is 10.1. The van der Waals surface area contributed by atoms with Gasteiger partial charge in [-0.15, -0.1) is 0 Å². The molecule has 6 heteroatoms. The number of nitrogens with one attached hydrogen (secondary N) is 1. The summed E-state index contributed by atoms with van der Waals surface area (Å²) in [5.41, 5.74) is 2.98. The molecule has 0 aliphatic rings. The van der Waals surface area contributed by atoms with Crippen LogP contribution < -0.4 is 10.1 Å². The van der Waals surface area contributed by atoms with Crippen LogP contribution in [0.25, 0.3) is 0 Å². The van der Waals surface area contributed by atoms with Crippen molar-refractivity contribution in [3.63, 3.8) is 0 Å². The molecule has 1 unspecified atom stereocenters. The number of benzene rings is 2. The maximum atomic E-state index is 12.9. The van der Waals surface area contributed by atoms with Crippen molar-refractivity contribution >= 4 is 23.4 Å². The highest BCUT2D eigenvalue weighted by Crippen LogP contribution is 2.21. The summed E-state index contributed by atoms with van der Waals surface area (Å²) in [6.45, 7) is 8.18. The zero-order valence-electron chi connectivity index (χ0n) is 16.8. The van der Waals surface area contributed by atoms with Crippen molar-refractivity contribution in [3.05, 3.63) is 64.2 Å². The Morgan fingerprint density at radius 2 is 1.82 bits per heavy atom. The smallest absolute Gasteiger partial charge is 0.261 e. The van der Waals surface area contributed by atoms with Gasteiger partial charge in [0.25, 0.3) is 5.91 Å². The standard InChI is InChI=1S/C22H27ClN2O3/c1-5-24-22(27)17(4)25(13-18-9-11-19(23)12-10-18)21(26)14-28-20-8-6-7-15(2)16(20)3/h6-12,17H,5,13-14H2,1-4H3,(H,24,27). The summed E-state index contributed by atoms with van der Waals surface area (Å²) in [5, 5.41) is 3.39. The molecule has 0 saturated heterocycles. The highest BCUT2D eigenvalue weighted by Gasteiger charge is 2.26. The average molecular weight is 403 g/mol. The fourth-order valence-corrected chi connectivity index (χ4v) is 2.92. The summed E-state index contributed by atoms with van der Waals surface area (Å²) >= 11 is 5.95. The Morgan fingerprint density at radius 1 is 1.14 bits per heavy atom. The largest absolute Gasteiger partial charge is 0.483 e. The minimum Gasteiger partial charge on any atom is -0.483 e. The van der Waals surface area contributed by atoms with Crippen molar-refractivity contribution in [2.75, 3.05) is 13.2 Å². The highest BCUT2D eigenvalue weighted by atomic mass is 35.5. The lowest BCUT2D eigenvalue weighted by Crippen LogP contribution is -2.49. The molecule has 150 valence electrons. The topological polar surface area (TPSA) is 58.6 Å². The second-order valence-electron chi connectivity index (χ2n) is 6.71. The van der Waals surface area contributed by atoms with E-state index in [-0.39, 0.29) is 18.4 Å². The van der Waals surface area contributed by atoms with Gasteiger partial charge in [-0.05, 0) is 62.6 Å². The van der Waals surface area contributed by atoms with Gasteiger partial charge in [-0.25, -0.2) is 0 Å². The zero-order chi connectivity index (χ0) is 20.7. The lowest BCUT2D eigenvalue weighted by Gasteiger charge is -2.28. The third kappa shape index (κ3) is 5.73. The van der Waals surface area contributed by atoms with E-state index in [9.17, 15) is 9.59 Å². The molecule has 1 N–H and O–H groups in total. The Hall–Kier alpha value is -2.53. The van der Waals surface area contributed by atoms with E-state index in [0.717, 1.165) is 16.7 Å². The van der Waals surface area contributed by atoms with Gasteiger partial charge in [-0.1, -0.05) is 35.9 Å². The van der Waals surface area contributed by atoms with E-state index in [1.54, 1.807) is 19.1 Å². The molecule has 0 bridgehead atoms. The molecule has 0 aromatic heterocycles. The van der Waals surface area contributed by atoms with Crippen LogP contribution in [0.4, 0.5) is 0 Å². The zero-order valence-corrected chi connectivity index (χ0v) is 17.5. The van der Waals surface area contributed by atoms with Crippen LogP contribution in [0.3, 0.4) is 0 Å². The number of ether oxygens (including phenoxy) is 1. The number of carbonyl (C=O) groups excluding carboxylic acids is 2. The molecule has 0 saturated carbocycles. The lowest BCUT2D eigenvalue weighted by molar-refractivity contribution is -0.142. The molecule has 2 amide bonds. The van der Waals surface area contributed by atoms with Gasteiger partial charge in [-0.3, -0.25) is 9.59 Å². The number of halogens is 1. The maximum absolute atomic E-state index is 12.9. The van der Waals surface area contributed by atoms with Crippen molar-refractivity contribution in [3.8, 4) is 5.75 Å². The second-order valence-corrected chi connectivity index (χ2v) is 7.14. The van der Waals surface area contributed by atoms with Crippen LogP contribution in [-0.2, 0) is 16.1 Å². The van der Waals surface area contributed by atoms with Crippen molar-refractivity contribution in [1.82, 2.24) is 10.2 Å². The van der Waals surface area contributed by atoms with Crippen LogP contribution in [0.2, 0.25) is 5.02 Å². The summed E-state index contributed by atoms with van der Waals surface area (Å²) < 4.78 is 5.76. The van der Waals surface area contributed by atoms with Crippen LogP contribution in [-0.4, -0.2) is 35.9 Å². The van der Waals surface area contributed by atoms with Crippen molar-refractivity contribution in [2.45, 2.75) is 40.3 Å². The van der Waals surface area contributed by atoms with E-state index in [1.165, 1.54) is 4.90 Å². The minimum atomic E-state index is -0.620. The van der Waals surface area contributed by atoms with E-state index in [2.05, 4.69) is 5.32 Å². The first-order chi connectivity index (χ1) is 13.3. The molecule has 0 radical (unpaired) electrons. The monoisotopic (exact) mass is 402 g/mol. The summed E-state index contributed by atoms with van der Waals surface area (Å²) in [6.07, 6.45) is 0. The number of aryl methyl sites for hydroxylation is 1. The van der Waals surface area contributed by atoms with Gasteiger partial charge in [0.15, 0.2) is 6.61 Å². The first-order valence-corrected chi connectivity index (χ1v) is 9.72. The predicted octanol–water partition coefficient (Wildman–Crippen LogP) is 3.89. The molecule has 0 spiro atoms. The molecule has 0 heterocycles. The Morgan fingerprint density at radius 3 is 2.46 bits per heavy atom. The van der Waals surface area contributed by atoms with E-state index in [1.807, 2.05) is 51.1 Å². The Balaban J connectivity index is 2.16. The van der Waals surface area contributed by atoms with E-state index >= 15 is 0 Å². The molecule has 0 fully saturated rings. The van der Waals surface area contributed by atoms with Crippen LogP contribution >= 0.6 is 11.6 Å². The van der Waals surface area contributed by atoms with Gasteiger partial charge in [-0.2, -0.15) is 0 Å². The van der Waals surface area contributed by atoms with E-state index in [0.29, 0.717) is 23.9 Å². The number of amides is 2. The van der Waals surface area contributed by atoms with Gasteiger partial charge in [0.1, 0.15) is 11.8 Å². The highest BCUT2D eigenvalue weighted by molar-refractivity contribution is 6.30. The molecular weight excluding hydrogens is 376 g/mol. The fraction of sp³-hybridized carbons (Fsp3) is 0.364. The second kappa shape index (κ2) is 10.1. The van der Waals surface area contributed by atoms with Crippen LogP contribution in [0, 0.1) is 13.8 Å². The van der Waals surface area contributed by atoms with Crippen LogP contribution in [0.5, 0.6) is 5.75 Å². The van der Waals surface area contributed by atoms with Crippen LogP contribution in [0.1, 0.15) is 30.5 Å². The van der Waals surface area contributed by atoms with Crippen molar-refractivity contribution in [1.29, 1.82) is 0 Å². The van der Waals surface area contributed by atoms with E-state index in [4.69, 9.17) is 16.3 Å². The molecule has 0 aliphatic heterocycles. The SMILES string of the molecule is CCNC(=O)C(C)N(Cc1ccc(Cl)cc1)C(=O)COc1cccc(C)c1C. The minimum absolute atomic E-state index is 0.137. The fourth-order valence-electron chi connectivity index (χ4n) is 2.79. The first-order valence-electron chi connectivity index (χ1n) is 9.34. The number of hydrogen-bond acceptors (Lipinski definition) is 3. The quantitative estimate of drug-likeness (QED) is 0.728.